The van der Waals surface area contributed by atoms with Crippen LogP contribution in [0, 0.1) is 10.8 Å². The van der Waals surface area contributed by atoms with Crippen LogP contribution in [0.15, 0.2) is 73.3 Å². The molecule has 0 bridgehead atoms. The van der Waals surface area contributed by atoms with Crippen molar-refractivity contribution >= 4 is 95.4 Å². The van der Waals surface area contributed by atoms with Gasteiger partial charge in [-0.2, -0.15) is 25.3 Å². The number of aliphatic carboxylic acids is 1. The molecule has 0 saturated heterocycles. The third-order valence-corrected chi connectivity index (χ3v) is 13.0. The number of imidazole rings is 1. The Labute approximate surface area is 462 Å². The zero-order valence-electron chi connectivity index (χ0n) is 43.2. The van der Waals surface area contributed by atoms with Crippen LogP contribution < -0.4 is 65.1 Å². The van der Waals surface area contributed by atoms with Crippen LogP contribution in [-0.2, 0) is 57.6 Å². The molecule has 2 heterocycles. The number of nitrogens with one attached hydrogen (secondary N) is 13. The SMILES string of the molecule is CCCC[C@H](NC(=O)[C@@H](N)CCCNC(=N)N)C(=O)N[C@@H](CS)C(=O)N[C@@H](Cc1c[nH]cn1)C(=O)N[C@H](Cc1ccccc1)C(=O)N[C@@H](CCCNC(=N)N)C(=O)N[C@@H](Cc1c[nH]c2ccccc12)C(=O)N[C@@H](CS)C(=O)O. The number of carbonyl (C=O) groups excluding carboxylic acids is 7. The van der Waals surface area contributed by atoms with Crippen molar-refractivity contribution in [2.24, 2.45) is 17.2 Å². The topological polar surface area (TPSA) is 435 Å². The van der Waals surface area contributed by atoms with Gasteiger partial charge in [-0.1, -0.05) is 68.3 Å². The number of thiol groups is 2. The number of carboxylic acid groups (broad SMARTS) is 1. The molecule has 4 rings (SSSR count). The van der Waals surface area contributed by atoms with Gasteiger partial charge in [0.05, 0.1) is 18.1 Å². The van der Waals surface area contributed by atoms with Crippen molar-refractivity contribution in [3.05, 3.63) is 90.1 Å². The molecule has 0 aliphatic heterocycles. The number of nitrogens with zero attached hydrogens (tertiary/aromatic N) is 1. The van der Waals surface area contributed by atoms with E-state index in [9.17, 15) is 43.5 Å². The highest BCUT2D eigenvalue weighted by atomic mass is 32.1. The van der Waals surface area contributed by atoms with E-state index in [0.29, 0.717) is 42.6 Å². The highest BCUT2D eigenvalue weighted by Gasteiger charge is 2.35. The summed E-state index contributed by atoms with van der Waals surface area (Å²) in [5.41, 5.74) is 19.2. The van der Waals surface area contributed by atoms with Gasteiger partial charge in [0.1, 0.15) is 42.3 Å². The fraction of sp³-hybridized carbons (Fsp3) is 0.460. The Morgan fingerprint density at radius 1 is 0.590 bits per heavy atom. The molecule has 2 aromatic heterocycles. The van der Waals surface area contributed by atoms with Gasteiger partial charge in [-0.05, 0) is 49.3 Å². The number of hydrogen-bond acceptors (Lipinski definition) is 14. The minimum absolute atomic E-state index is 0.0793. The number of benzene rings is 2. The van der Waals surface area contributed by atoms with Crippen molar-refractivity contribution in [1.29, 1.82) is 10.8 Å². The minimum atomic E-state index is -1.43. The first kappa shape index (κ1) is 62.7. The molecule has 0 unspecified atom stereocenters. The lowest BCUT2D eigenvalue weighted by Crippen LogP contribution is -2.61. The average molecular weight is 1120 g/mol. The molecule has 0 saturated carbocycles. The molecule has 424 valence electrons. The first-order valence-electron chi connectivity index (χ1n) is 25.4. The van der Waals surface area contributed by atoms with Gasteiger partial charge in [0, 0.05) is 67.2 Å². The standard InChI is InChI=1S/C50H73N17O9S2/c1-2-3-15-34(61-41(68)32(51)14-9-18-57-49(52)53)43(70)66-39(25-77)47(74)65-38(22-30-24-56-27-60-30)46(73)63-36(20-28-11-5-4-6-12-28)44(71)62-35(17-10-19-58-50(54)55)42(69)64-37(45(72)67-40(26-78)48(75)76)21-29-23-59-33-16-8-7-13-31(29)33/h4-8,11-13,16,23-24,27,32,34-40,59,77-78H,2-3,9-10,14-15,17-22,25-26,51H2,1H3,(H,56,60)(H,61,68)(H,62,71)(H,63,73)(H,64,69)(H,65,74)(H,66,70)(H,67,72)(H,75,76)(H4,52,53,57)(H4,54,55,58)/t32-,34-,35-,36+,37-,38-,39-,40-/m0/s1. The van der Waals surface area contributed by atoms with E-state index in [1.807, 2.05) is 25.1 Å². The molecule has 0 aliphatic carbocycles. The number of unbranched alkanes of at least 4 members (excludes halogenated alkanes) is 1. The summed E-state index contributed by atoms with van der Waals surface area (Å²) in [5.74, 6) is -7.93. The fourth-order valence-corrected chi connectivity index (χ4v) is 8.56. The predicted molar refractivity (Wildman–Crippen MR) is 299 cm³/mol. The summed E-state index contributed by atoms with van der Waals surface area (Å²) in [6.45, 7) is 2.31. The van der Waals surface area contributed by atoms with Crippen LogP contribution in [0.5, 0.6) is 0 Å². The summed E-state index contributed by atoms with van der Waals surface area (Å²) in [4.78, 5) is 121. The lowest BCUT2D eigenvalue weighted by atomic mass is 10.0. The summed E-state index contributed by atoms with van der Waals surface area (Å²) >= 11 is 8.40. The van der Waals surface area contributed by atoms with E-state index < -0.39 is 95.7 Å². The summed E-state index contributed by atoms with van der Waals surface area (Å²) in [5, 5.41) is 49.3. The van der Waals surface area contributed by atoms with Gasteiger partial charge in [-0.15, -0.1) is 0 Å². The van der Waals surface area contributed by atoms with E-state index in [4.69, 9.17) is 28.0 Å². The van der Waals surface area contributed by atoms with Crippen molar-refractivity contribution in [3.8, 4) is 0 Å². The van der Waals surface area contributed by atoms with Gasteiger partial charge < -0.3 is 80.1 Å². The van der Waals surface area contributed by atoms with Gasteiger partial charge in [0.15, 0.2) is 11.9 Å². The first-order valence-corrected chi connectivity index (χ1v) is 26.6. The summed E-state index contributed by atoms with van der Waals surface area (Å²) in [7, 11) is 0. The van der Waals surface area contributed by atoms with Crippen LogP contribution in [0.3, 0.4) is 0 Å². The lowest BCUT2D eigenvalue weighted by molar-refractivity contribution is -0.141. The normalized spacial score (nSPS) is 14.1. The van der Waals surface area contributed by atoms with Gasteiger partial charge in [0.25, 0.3) is 0 Å². The van der Waals surface area contributed by atoms with Crippen molar-refractivity contribution in [2.75, 3.05) is 24.6 Å². The number of carbonyl (C=O) groups is 8. The van der Waals surface area contributed by atoms with Crippen LogP contribution in [0.1, 0.15) is 68.7 Å². The second-order valence-corrected chi connectivity index (χ2v) is 19.1. The van der Waals surface area contributed by atoms with Crippen LogP contribution >= 0.6 is 25.3 Å². The fourth-order valence-electron chi connectivity index (χ4n) is 8.05. The maximum atomic E-state index is 14.7. The molecular formula is C50H73N17O9S2. The Morgan fingerprint density at radius 3 is 1.62 bits per heavy atom. The van der Waals surface area contributed by atoms with Crippen molar-refractivity contribution < 1.29 is 43.5 Å². The number of guanidine groups is 2. The van der Waals surface area contributed by atoms with Gasteiger partial charge in [-0.25, -0.2) is 9.78 Å². The Kier molecular flexibility index (Phi) is 26.3. The molecule has 0 radical (unpaired) electrons. The number of rotatable bonds is 34. The molecule has 0 aliphatic rings. The van der Waals surface area contributed by atoms with E-state index in [-0.39, 0.29) is 74.9 Å². The Hall–Kier alpha value is -7.85. The number of nitrogens with two attached hydrogens (primary N) is 3. The average Bonchev–Trinajstić information content (AvgIpc) is 4.10. The lowest BCUT2D eigenvalue weighted by Gasteiger charge is -2.28. The number of fused-ring (bicyclic) bond motifs is 1. The molecule has 7 amide bonds. The van der Waals surface area contributed by atoms with E-state index >= 15 is 0 Å². The maximum absolute atomic E-state index is 14.7. The molecule has 8 atom stereocenters. The third kappa shape index (κ3) is 20.9. The van der Waals surface area contributed by atoms with E-state index in [2.05, 4.69) is 88.1 Å². The Balaban J connectivity index is 1.61. The third-order valence-electron chi connectivity index (χ3n) is 12.3. The molecule has 0 fully saturated rings. The smallest absolute Gasteiger partial charge is 0.327 e. The number of H-pyrrole nitrogens is 2. The maximum Gasteiger partial charge on any atom is 0.327 e. The zero-order valence-corrected chi connectivity index (χ0v) is 45.0. The summed E-state index contributed by atoms with van der Waals surface area (Å²) in [6.07, 6.45) is 6.26. The molecule has 26 nitrogen and oxygen atoms in total. The molecule has 28 heteroatoms. The van der Waals surface area contributed by atoms with Crippen molar-refractivity contribution in [3.63, 3.8) is 0 Å². The molecule has 78 heavy (non-hydrogen) atoms. The Bertz CT molecular complexity index is 2640. The Morgan fingerprint density at radius 2 is 1.06 bits per heavy atom. The van der Waals surface area contributed by atoms with Crippen LogP contribution in [-0.4, -0.2) is 152 Å². The number of aromatic amines is 2. The van der Waals surface area contributed by atoms with E-state index in [1.165, 1.54) is 12.5 Å². The highest BCUT2D eigenvalue weighted by Crippen LogP contribution is 2.20. The quantitative estimate of drug-likeness (QED) is 0.0107. The molecule has 20 N–H and O–H groups in total. The molecule has 0 spiro atoms. The van der Waals surface area contributed by atoms with E-state index in [1.54, 1.807) is 42.6 Å². The number of hydrogen-bond donors (Lipinski definition) is 19. The number of carboxylic acids is 1. The monoisotopic (exact) mass is 1120 g/mol. The number of para-hydroxylation sites is 1. The van der Waals surface area contributed by atoms with Crippen molar-refractivity contribution in [1.82, 2.24) is 62.8 Å². The second kappa shape index (κ2) is 32.7. The first-order chi connectivity index (χ1) is 37.3. The summed E-state index contributed by atoms with van der Waals surface area (Å²) < 4.78 is 0. The second-order valence-electron chi connectivity index (χ2n) is 18.4. The van der Waals surface area contributed by atoms with Gasteiger partial charge in [-0.3, -0.25) is 44.4 Å². The largest absolute Gasteiger partial charge is 0.480 e. The van der Waals surface area contributed by atoms with Crippen LogP contribution in [0.2, 0.25) is 0 Å². The number of aromatic nitrogens is 3. The number of amides is 7. The molecular weight excluding hydrogens is 1050 g/mol. The summed E-state index contributed by atoms with van der Waals surface area (Å²) in [6, 6.07) is 5.45. The molecule has 2 aromatic carbocycles. The minimum Gasteiger partial charge on any atom is -0.480 e. The molecule has 4 aromatic rings. The highest BCUT2D eigenvalue weighted by molar-refractivity contribution is 7.80. The van der Waals surface area contributed by atoms with Gasteiger partial charge in [0.2, 0.25) is 41.4 Å². The van der Waals surface area contributed by atoms with Crippen molar-refractivity contribution in [2.45, 2.75) is 119 Å². The van der Waals surface area contributed by atoms with Crippen LogP contribution in [0.4, 0.5) is 0 Å². The van der Waals surface area contributed by atoms with E-state index in [0.717, 1.165) is 10.9 Å². The predicted octanol–water partition coefficient (Wildman–Crippen LogP) is -1.70. The zero-order chi connectivity index (χ0) is 57.1. The van der Waals surface area contributed by atoms with Gasteiger partial charge >= 0.3 is 5.97 Å². The van der Waals surface area contributed by atoms with Crippen LogP contribution in [0.25, 0.3) is 10.9 Å².